The lowest BCUT2D eigenvalue weighted by molar-refractivity contribution is -0.117. The lowest BCUT2D eigenvalue weighted by Crippen LogP contribution is -2.49. The van der Waals surface area contributed by atoms with E-state index >= 15 is 0 Å². The smallest absolute Gasteiger partial charge is 0.238 e. The second kappa shape index (κ2) is 10.7. The number of carbonyl (C=O) groups excluding carboxylic acids is 1. The lowest BCUT2D eigenvalue weighted by atomic mass is 9.96. The average molecular weight is 493 g/mol. The number of benzene rings is 3. The van der Waals surface area contributed by atoms with Crippen molar-refractivity contribution in [1.29, 1.82) is 0 Å². The molecule has 1 saturated heterocycles. The number of rotatable bonds is 7. The highest BCUT2D eigenvalue weighted by molar-refractivity contribution is 7.89. The molecule has 0 spiro atoms. The van der Waals surface area contributed by atoms with E-state index in [1.54, 1.807) is 6.92 Å². The Morgan fingerprint density at radius 1 is 0.914 bits per heavy atom. The predicted molar refractivity (Wildman–Crippen MR) is 139 cm³/mol. The van der Waals surface area contributed by atoms with Gasteiger partial charge in [-0.1, -0.05) is 60.7 Å². The molecule has 3 aromatic rings. The fraction of sp³-hybridized carbons (Fsp3) is 0.296. The number of nitrogens with zero attached hydrogens (tertiary/aromatic N) is 2. The summed E-state index contributed by atoms with van der Waals surface area (Å²) < 4.78 is 23.6. The van der Waals surface area contributed by atoms with E-state index in [2.05, 4.69) is 63.6 Å². The first-order chi connectivity index (χ1) is 16.7. The summed E-state index contributed by atoms with van der Waals surface area (Å²) in [5.74, 6) is -0.171. The number of amides is 1. The van der Waals surface area contributed by atoms with E-state index in [4.69, 9.17) is 5.14 Å². The predicted octanol–water partition coefficient (Wildman–Crippen LogP) is 3.30. The molecule has 0 aromatic heterocycles. The van der Waals surface area contributed by atoms with Gasteiger partial charge in [0.1, 0.15) is 0 Å². The van der Waals surface area contributed by atoms with Gasteiger partial charge in [-0.3, -0.25) is 14.6 Å². The van der Waals surface area contributed by atoms with Crippen LogP contribution in [-0.2, 0) is 14.8 Å². The molecule has 8 heteroatoms. The van der Waals surface area contributed by atoms with Crippen LogP contribution >= 0.6 is 0 Å². The third-order valence-corrected chi connectivity index (χ3v) is 7.51. The van der Waals surface area contributed by atoms with Gasteiger partial charge in [-0.15, -0.1) is 0 Å². The van der Waals surface area contributed by atoms with E-state index in [-0.39, 0.29) is 23.4 Å². The van der Waals surface area contributed by atoms with E-state index in [1.807, 2.05) is 19.1 Å². The summed E-state index contributed by atoms with van der Waals surface area (Å²) in [6, 6.07) is 24.1. The Bertz CT molecular complexity index is 1230. The molecule has 0 unspecified atom stereocenters. The van der Waals surface area contributed by atoms with Gasteiger partial charge in [0, 0.05) is 31.9 Å². The number of anilines is 1. The van der Waals surface area contributed by atoms with E-state index in [9.17, 15) is 13.2 Å². The zero-order chi connectivity index (χ0) is 25.0. The summed E-state index contributed by atoms with van der Waals surface area (Å²) in [7, 11) is -3.86. The van der Waals surface area contributed by atoms with Crippen LogP contribution < -0.4 is 10.5 Å². The van der Waals surface area contributed by atoms with Crippen molar-refractivity contribution in [1.82, 2.24) is 9.80 Å². The molecule has 3 N–H and O–H groups in total. The molecule has 0 radical (unpaired) electrons. The molecular formula is C27H32N4O3S. The van der Waals surface area contributed by atoms with E-state index in [0.29, 0.717) is 5.69 Å². The number of sulfonamides is 1. The third-order valence-electron chi connectivity index (χ3n) is 6.61. The monoisotopic (exact) mass is 492 g/mol. The standard InChI is InChI=1S/C27H32N4O3S/c1-20-17-24(35(28,33)34)18-25(21(20)2)29-26(32)19-30-13-15-31(16-14-30)27(22-9-5-3-6-10-22)23-11-7-4-8-12-23/h3-12,17-18,27H,13-16,19H2,1-2H3,(H,29,32)(H2,28,33,34). The highest BCUT2D eigenvalue weighted by Gasteiger charge is 2.27. The summed E-state index contributed by atoms with van der Waals surface area (Å²) in [4.78, 5) is 17.4. The first-order valence-corrected chi connectivity index (χ1v) is 13.3. The molecule has 1 aliphatic heterocycles. The fourth-order valence-corrected chi connectivity index (χ4v) is 5.20. The van der Waals surface area contributed by atoms with Crippen molar-refractivity contribution >= 4 is 21.6 Å². The minimum absolute atomic E-state index is 0.00243. The quantitative estimate of drug-likeness (QED) is 0.528. The summed E-state index contributed by atoms with van der Waals surface area (Å²) in [5, 5.41) is 8.18. The minimum Gasteiger partial charge on any atom is -0.325 e. The van der Waals surface area contributed by atoms with Gasteiger partial charge in [0.15, 0.2) is 0 Å². The van der Waals surface area contributed by atoms with Crippen LogP contribution in [0, 0.1) is 13.8 Å². The maximum atomic E-state index is 12.8. The number of carbonyl (C=O) groups is 1. The summed E-state index contributed by atoms with van der Waals surface area (Å²) in [6.45, 7) is 7.09. The molecule has 184 valence electrons. The third kappa shape index (κ3) is 6.15. The van der Waals surface area contributed by atoms with Crippen molar-refractivity contribution in [3.63, 3.8) is 0 Å². The van der Waals surface area contributed by atoms with Crippen LogP contribution in [0.5, 0.6) is 0 Å². The molecule has 35 heavy (non-hydrogen) atoms. The molecule has 7 nitrogen and oxygen atoms in total. The molecule has 1 aliphatic rings. The van der Waals surface area contributed by atoms with Crippen molar-refractivity contribution in [2.24, 2.45) is 5.14 Å². The summed E-state index contributed by atoms with van der Waals surface area (Å²) in [6.07, 6.45) is 0. The van der Waals surface area contributed by atoms with Gasteiger partial charge >= 0.3 is 0 Å². The van der Waals surface area contributed by atoms with E-state index in [1.165, 1.54) is 23.3 Å². The van der Waals surface area contributed by atoms with Crippen molar-refractivity contribution in [3.8, 4) is 0 Å². The lowest BCUT2D eigenvalue weighted by Gasteiger charge is -2.39. The highest BCUT2D eigenvalue weighted by atomic mass is 32.2. The van der Waals surface area contributed by atoms with E-state index < -0.39 is 10.0 Å². The van der Waals surface area contributed by atoms with Gasteiger partial charge in [0.25, 0.3) is 0 Å². The zero-order valence-corrected chi connectivity index (χ0v) is 21.0. The number of hydrogen-bond donors (Lipinski definition) is 2. The summed E-state index contributed by atoms with van der Waals surface area (Å²) >= 11 is 0. The highest BCUT2D eigenvalue weighted by Crippen LogP contribution is 2.29. The average Bonchev–Trinajstić information content (AvgIpc) is 2.84. The number of primary sulfonamides is 1. The topological polar surface area (TPSA) is 95.7 Å². The fourth-order valence-electron chi connectivity index (χ4n) is 4.58. The molecule has 1 fully saturated rings. The van der Waals surface area contributed by atoms with Gasteiger partial charge in [-0.25, -0.2) is 13.6 Å². The normalized spacial score (nSPS) is 15.3. The van der Waals surface area contributed by atoms with Gasteiger partial charge in [0.2, 0.25) is 15.9 Å². The second-order valence-electron chi connectivity index (χ2n) is 9.04. The van der Waals surface area contributed by atoms with Crippen molar-refractivity contribution in [2.75, 3.05) is 38.0 Å². The Morgan fingerprint density at radius 3 is 1.97 bits per heavy atom. The first kappa shape index (κ1) is 25.1. The number of piperazine rings is 1. The van der Waals surface area contributed by atoms with Crippen molar-refractivity contribution in [2.45, 2.75) is 24.8 Å². The number of aryl methyl sites for hydroxylation is 1. The Labute approximate surface area is 207 Å². The van der Waals surface area contributed by atoms with Crippen LogP contribution in [0.1, 0.15) is 28.3 Å². The number of nitrogens with two attached hydrogens (primary N) is 1. The molecule has 0 aliphatic carbocycles. The molecular weight excluding hydrogens is 460 g/mol. The Kier molecular flexibility index (Phi) is 7.66. The molecule has 3 aromatic carbocycles. The minimum atomic E-state index is -3.86. The van der Waals surface area contributed by atoms with Gasteiger partial charge in [-0.2, -0.15) is 0 Å². The van der Waals surface area contributed by atoms with Gasteiger partial charge in [-0.05, 0) is 48.2 Å². The number of nitrogens with one attached hydrogen (secondary N) is 1. The Balaban J connectivity index is 1.41. The molecule has 4 rings (SSSR count). The van der Waals surface area contributed by atoms with Crippen molar-refractivity contribution in [3.05, 3.63) is 95.1 Å². The maximum Gasteiger partial charge on any atom is 0.238 e. The SMILES string of the molecule is Cc1cc(S(N)(=O)=O)cc(NC(=O)CN2CCN(C(c3ccccc3)c3ccccc3)CC2)c1C. The molecule has 1 amide bonds. The Hall–Kier alpha value is -3.04. The molecule has 0 bridgehead atoms. The van der Waals surface area contributed by atoms with Crippen LogP contribution in [0.15, 0.2) is 77.7 Å². The molecule has 0 atom stereocenters. The maximum absolute atomic E-state index is 12.8. The van der Waals surface area contributed by atoms with Crippen LogP contribution in [0.25, 0.3) is 0 Å². The van der Waals surface area contributed by atoms with E-state index in [0.717, 1.165) is 37.3 Å². The van der Waals surface area contributed by atoms with Gasteiger partial charge < -0.3 is 5.32 Å². The number of hydrogen-bond acceptors (Lipinski definition) is 5. The van der Waals surface area contributed by atoms with Crippen LogP contribution in [0.3, 0.4) is 0 Å². The molecule has 0 saturated carbocycles. The van der Waals surface area contributed by atoms with Crippen LogP contribution in [0.4, 0.5) is 5.69 Å². The second-order valence-corrected chi connectivity index (χ2v) is 10.6. The Morgan fingerprint density at radius 2 is 1.46 bits per heavy atom. The van der Waals surface area contributed by atoms with Crippen molar-refractivity contribution < 1.29 is 13.2 Å². The van der Waals surface area contributed by atoms with Crippen LogP contribution in [-0.4, -0.2) is 56.8 Å². The summed E-state index contributed by atoms with van der Waals surface area (Å²) in [5.41, 5.74) is 4.57. The largest absolute Gasteiger partial charge is 0.325 e. The zero-order valence-electron chi connectivity index (χ0n) is 20.1. The van der Waals surface area contributed by atoms with Gasteiger partial charge in [0.05, 0.1) is 17.5 Å². The first-order valence-electron chi connectivity index (χ1n) is 11.7. The van der Waals surface area contributed by atoms with Crippen LogP contribution in [0.2, 0.25) is 0 Å². The molecule has 1 heterocycles.